The summed E-state index contributed by atoms with van der Waals surface area (Å²) in [6, 6.07) is 10.9. The van der Waals surface area contributed by atoms with Crippen molar-refractivity contribution < 1.29 is 13.6 Å². The molecule has 1 aromatic heterocycles. The lowest BCUT2D eigenvalue weighted by Gasteiger charge is -2.00. The van der Waals surface area contributed by atoms with E-state index in [-0.39, 0.29) is 11.4 Å². The summed E-state index contributed by atoms with van der Waals surface area (Å²) in [5, 5.41) is 5.65. The molecule has 0 aliphatic heterocycles. The smallest absolute Gasteiger partial charge is 0.255 e. The number of nitrogens with one attached hydrogen (secondary N) is 1. The molecule has 0 aliphatic carbocycles. The highest BCUT2D eigenvalue weighted by Gasteiger charge is 2.08. The second-order valence-electron chi connectivity index (χ2n) is 5.45. The van der Waals surface area contributed by atoms with Gasteiger partial charge in [0.15, 0.2) is 0 Å². The number of benzene rings is 2. The van der Waals surface area contributed by atoms with E-state index in [1.807, 2.05) is 13.0 Å². The summed E-state index contributed by atoms with van der Waals surface area (Å²) in [6.07, 6.45) is 0. The van der Waals surface area contributed by atoms with Crippen LogP contribution in [-0.4, -0.2) is 15.4 Å². The van der Waals surface area contributed by atoms with E-state index in [0.29, 0.717) is 17.1 Å². The number of nitrogens with zero attached hydrogens (tertiary/aromatic N) is 1. The lowest BCUT2D eigenvalue weighted by molar-refractivity contribution is 0.107. The standard InChI is InChI=1S/C10H10FN3.C8H6ClFO/c1-6-2-3-7(8(11)4-6)9-5-10(12)14-13-9;1-5-2-3-6(8(9)11)7(10)4-5/h2-5H,1H3,(H3,12,13,14);2-4H,1H3. The zero-order valence-electron chi connectivity index (χ0n) is 13.6. The van der Waals surface area contributed by atoms with Gasteiger partial charge in [0, 0.05) is 11.6 Å². The third-order valence-corrected chi connectivity index (χ3v) is 3.55. The van der Waals surface area contributed by atoms with Crippen LogP contribution in [0.1, 0.15) is 21.5 Å². The predicted molar refractivity (Wildman–Crippen MR) is 94.5 cm³/mol. The number of nitrogen functional groups attached to an aromatic ring is 1. The Morgan fingerprint density at radius 1 is 1.04 bits per heavy atom. The SMILES string of the molecule is Cc1ccc(-c2cc(N)n[nH]2)c(F)c1.Cc1ccc(C(=O)Cl)c(F)c1. The van der Waals surface area contributed by atoms with Gasteiger partial charge in [-0.1, -0.05) is 12.1 Å². The molecule has 4 nitrogen and oxygen atoms in total. The maximum atomic E-state index is 13.5. The highest BCUT2D eigenvalue weighted by molar-refractivity contribution is 6.67. The van der Waals surface area contributed by atoms with Crippen LogP contribution >= 0.6 is 11.6 Å². The number of halogens is 3. The fourth-order valence-electron chi connectivity index (χ4n) is 2.09. The van der Waals surface area contributed by atoms with Gasteiger partial charge in [0.2, 0.25) is 0 Å². The third kappa shape index (κ3) is 4.87. The minimum atomic E-state index is -0.762. The van der Waals surface area contributed by atoms with Crippen molar-refractivity contribution in [1.29, 1.82) is 0 Å². The first-order valence-corrected chi connectivity index (χ1v) is 7.69. The predicted octanol–water partition coefficient (Wildman–Crippen LogP) is 4.62. The molecule has 3 rings (SSSR count). The first kappa shape index (κ1) is 18.6. The number of carbonyl (C=O) groups is 1. The average Bonchev–Trinajstić information content (AvgIpc) is 2.93. The largest absolute Gasteiger partial charge is 0.382 e. The van der Waals surface area contributed by atoms with Crippen LogP contribution in [0.2, 0.25) is 0 Å². The molecule has 0 atom stereocenters. The van der Waals surface area contributed by atoms with Crippen LogP contribution in [0, 0.1) is 25.5 Å². The van der Waals surface area contributed by atoms with E-state index < -0.39 is 11.1 Å². The molecule has 3 aromatic rings. The molecular formula is C18H16ClF2N3O. The molecule has 130 valence electrons. The van der Waals surface area contributed by atoms with Crippen molar-refractivity contribution in [3.8, 4) is 11.3 Å². The highest BCUT2D eigenvalue weighted by atomic mass is 35.5. The van der Waals surface area contributed by atoms with Crippen LogP contribution in [0.5, 0.6) is 0 Å². The van der Waals surface area contributed by atoms with Crippen LogP contribution in [0.15, 0.2) is 42.5 Å². The summed E-state index contributed by atoms with van der Waals surface area (Å²) in [5.74, 6) is -0.473. The number of carbonyl (C=O) groups excluding carboxylic acids is 1. The Labute approximate surface area is 148 Å². The summed E-state index contributed by atoms with van der Waals surface area (Å²) >= 11 is 5.08. The van der Waals surface area contributed by atoms with Crippen molar-refractivity contribution in [2.75, 3.05) is 5.73 Å². The Kier molecular flexibility index (Phi) is 5.88. The summed E-state index contributed by atoms with van der Waals surface area (Å²) in [7, 11) is 0. The maximum Gasteiger partial charge on any atom is 0.255 e. The molecule has 0 saturated carbocycles. The zero-order valence-corrected chi connectivity index (χ0v) is 14.4. The van der Waals surface area contributed by atoms with Crippen molar-refractivity contribution in [3.63, 3.8) is 0 Å². The van der Waals surface area contributed by atoms with Crippen LogP contribution in [0.4, 0.5) is 14.6 Å². The molecule has 0 spiro atoms. The molecule has 0 bridgehead atoms. The van der Waals surface area contributed by atoms with Gasteiger partial charge in [0.25, 0.3) is 5.24 Å². The van der Waals surface area contributed by atoms with Gasteiger partial charge in [-0.25, -0.2) is 8.78 Å². The molecule has 0 amide bonds. The lowest BCUT2D eigenvalue weighted by atomic mass is 10.1. The van der Waals surface area contributed by atoms with E-state index in [0.717, 1.165) is 11.1 Å². The molecular weight excluding hydrogens is 348 g/mol. The number of hydrogen-bond donors (Lipinski definition) is 2. The van der Waals surface area contributed by atoms with Gasteiger partial charge in [-0.3, -0.25) is 9.89 Å². The first-order chi connectivity index (χ1) is 11.8. The number of anilines is 1. The minimum Gasteiger partial charge on any atom is -0.382 e. The van der Waals surface area contributed by atoms with Gasteiger partial charge in [0.05, 0.1) is 11.3 Å². The fraction of sp³-hybridized carbons (Fsp3) is 0.111. The summed E-state index contributed by atoms with van der Waals surface area (Å²) in [5.41, 5.74) is 8.10. The number of hydrogen-bond acceptors (Lipinski definition) is 3. The van der Waals surface area contributed by atoms with E-state index in [4.69, 9.17) is 17.3 Å². The highest BCUT2D eigenvalue weighted by Crippen LogP contribution is 2.22. The molecule has 0 fully saturated rings. The molecule has 0 saturated heterocycles. The van der Waals surface area contributed by atoms with Gasteiger partial charge in [-0.05, 0) is 60.8 Å². The first-order valence-electron chi connectivity index (χ1n) is 7.31. The Bertz CT molecular complexity index is 909. The van der Waals surface area contributed by atoms with Gasteiger partial charge < -0.3 is 5.73 Å². The Hall–Kier alpha value is -2.73. The topological polar surface area (TPSA) is 71.8 Å². The van der Waals surface area contributed by atoms with E-state index in [2.05, 4.69) is 10.2 Å². The Morgan fingerprint density at radius 2 is 1.64 bits per heavy atom. The zero-order chi connectivity index (χ0) is 18.6. The van der Waals surface area contributed by atoms with E-state index in [1.54, 1.807) is 25.1 Å². The third-order valence-electron chi connectivity index (χ3n) is 3.35. The van der Waals surface area contributed by atoms with Gasteiger partial charge in [-0.15, -0.1) is 0 Å². The van der Waals surface area contributed by atoms with Crippen LogP contribution in [0.3, 0.4) is 0 Å². The van der Waals surface area contributed by atoms with Gasteiger partial charge in [0.1, 0.15) is 17.5 Å². The number of nitrogens with two attached hydrogens (primary N) is 1. The van der Waals surface area contributed by atoms with Crippen LogP contribution < -0.4 is 5.73 Å². The summed E-state index contributed by atoms with van der Waals surface area (Å²) < 4.78 is 26.3. The fourth-order valence-corrected chi connectivity index (χ4v) is 2.25. The number of H-pyrrole nitrogens is 1. The second kappa shape index (κ2) is 7.90. The molecule has 3 N–H and O–H groups in total. The normalized spacial score (nSPS) is 10.1. The van der Waals surface area contributed by atoms with E-state index in [9.17, 15) is 13.6 Å². The number of rotatable bonds is 2. The molecule has 0 unspecified atom stereocenters. The Balaban J connectivity index is 0.000000186. The van der Waals surface area contributed by atoms with Crippen molar-refractivity contribution in [3.05, 3.63) is 70.8 Å². The molecule has 2 aromatic carbocycles. The maximum absolute atomic E-state index is 13.5. The number of aryl methyl sites for hydroxylation is 2. The van der Waals surface area contributed by atoms with Crippen molar-refractivity contribution in [2.24, 2.45) is 0 Å². The van der Waals surface area contributed by atoms with Crippen molar-refractivity contribution in [2.45, 2.75) is 13.8 Å². The summed E-state index contributed by atoms with van der Waals surface area (Å²) in [6.45, 7) is 3.58. The molecule has 25 heavy (non-hydrogen) atoms. The molecule has 0 radical (unpaired) electrons. The van der Waals surface area contributed by atoms with Crippen molar-refractivity contribution >= 4 is 22.7 Å². The number of aromatic amines is 1. The quantitative estimate of drug-likeness (QED) is 0.652. The van der Waals surface area contributed by atoms with Crippen molar-refractivity contribution in [1.82, 2.24) is 10.2 Å². The molecule has 0 aliphatic rings. The monoisotopic (exact) mass is 363 g/mol. The summed E-state index contributed by atoms with van der Waals surface area (Å²) in [4.78, 5) is 10.5. The van der Waals surface area contributed by atoms with Gasteiger partial charge >= 0.3 is 0 Å². The average molecular weight is 364 g/mol. The number of aromatic nitrogens is 2. The van der Waals surface area contributed by atoms with E-state index >= 15 is 0 Å². The lowest BCUT2D eigenvalue weighted by Crippen LogP contribution is -1.93. The van der Waals surface area contributed by atoms with Gasteiger partial charge in [-0.2, -0.15) is 5.10 Å². The Morgan fingerprint density at radius 3 is 2.12 bits per heavy atom. The molecule has 1 heterocycles. The van der Waals surface area contributed by atoms with Crippen LogP contribution in [-0.2, 0) is 0 Å². The minimum absolute atomic E-state index is 0.0720. The second-order valence-corrected chi connectivity index (χ2v) is 5.79. The molecule has 7 heteroatoms. The van der Waals surface area contributed by atoms with Crippen LogP contribution in [0.25, 0.3) is 11.3 Å². The van der Waals surface area contributed by atoms with E-state index in [1.165, 1.54) is 18.2 Å².